The van der Waals surface area contributed by atoms with Gasteiger partial charge in [-0.15, -0.1) is 0 Å². The van der Waals surface area contributed by atoms with Crippen LogP contribution in [0.5, 0.6) is 0 Å². The number of allylic oxidation sites excluding steroid dienone is 4. The van der Waals surface area contributed by atoms with Gasteiger partial charge in [-0.25, -0.2) is 0 Å². The molecule has 2 aliphatic rings. The van der Waals surface area contributed by atoms with E-state index in [1.54, 1.807) is 6.21 Å². The summed E-state index contributed by atoms with van der Waals surface area (Å²) in [6.45, 7) is 0. The summed E-state index contributed by atoms with van der Waals surface area (Å²) in [4.78, 5) is 0. The van der Waals surface area contributed by atoms with Crippen LogP contribution in [0.3, 0.4) is 0 Å². The van der Waals surface area contributed by atoms with E-state index in [0.29, 0.717) is 0 Å². The molecule has 0 amide bonds. The van der Waals surface area contributed by atoms with Gasteiger partial charge in [-0.3, -0.25) is 5.43 Å². The number of rotatable bonds is 0. The summed E-state index contributed by atoms with van der Waals surface area (Å²) >= 11 is 0. The molecule has 1 N–H and O–H groups in total. The summed E-state index contributed by atoms with van der Waals surface area (Å²) in [5, 5.41) is 3.91. The monoisotopic (exact) mass is 132 g/mol. The van der Waals surface area contributed by atoms with Crippen LogP contribution >= 0.6 is 0 Å². The van der Waals surface area contributed by atoms with Gasteiger partial charge < -0.3 is 0 Å². The zero-order chi connectivity index (χ0) is 6.81. The molecule has 0 atom stereocenters. The maximum absolute atomic E-state index is 3.91. The van der Waals surface area contributed by atoms with E-state index in [2.05, 4.69) is 28.8 Å². The summed E-state index contributed by atoms with van der Waals surface area (Å²) in [7, 11) is 0. The van der Waals surface area contributed by atoms with Crippen LogP contribution in [0.1, 0.15) is 6.42 Å². The van der Waals surface area contributed by atoms with Gasteiger partial charge in [0.2, 0.25) is 0 Å². The minimum atomic E-state index is 1.01. The molecule has 2 nitrogen and oxygen atoms in total. The zero-order valence-electron chi connectivity index (χ0n) is 5.54. The van der Waals surface area contributed by atoms with E-state index in [1.165, 1.54) is 5.57 Å². The number of hydrogen-bond donors (Lipinski definition) is 1. The van der Waals surface area contributed by atoms with Crippen molar-refractivity contribution in [3.8, 4) is 0 Å². The molecule has 2 heteroatoms. The van der Waals surface area contributed by atoms with Crippen molar-refractivity contribution >= 4 is 6.21 Å². The van der Waals surface area contributed by atoms with Crippen LogP contribution in [0.2, 0.25) is 0 Å². The van der Waals surface area contributed by atoms with E-state index in [-0.39, 0.29) is 0 Å². The molecule has 0 unspecified atom stereocenters. The minimum absolute atomic E-state index is 1.01. The third-order valence-corrected chi connectivity index (χ3v) is 1.58. The maximum atomic E-state index is 3.91. The first-order chi connectivity index (χ1) is 4.97. The van der Waals surface area contributed by atoms with Gasteiger partial charge in [0.05, 0.1) is 5.70 Å². The second-order valence-corrected chi connectivity index (χ2v) is 2.27. The summed E-state index contributed by atoms with van der Waals surface area (Å²) in [5.74, 6) is 0. The topological polar surface area (TPSA) is 24.4 Å². The summed E-state index contributed by atoms with van der Waals surface area (Å²) in [6.07, 6.45) is 11.1. The minimum Gasteiger partial charge on any atom is -0.278 e. The maximum Gasteiger partial charge on any atom is 0.0597 e. The van der Waals surface area contributed by atoms with Gasteiger partial charge in [0.1, 0.15) is 0 Å². The third-order valence-electron chi connectivity index (χ3n) is 1.58. The predicted octanol–water partition coefficient (Wildman–Crippen LogP) is 1.35. The van der Waals surface area contributed by atoms with Gasteiger partial charge in [0.15, 0.2) is 0 Å². The Morgan fingerprint density at radius 2 is 2.50 bits per heavy atom. The summed E-state index contributed by atoms with van der Waals surface area (Å²) in [5.41, 5.74) is 5.29. The van der Waals surface area contributed by atoms with Gasteiger partial charge in [-0.05, 0) is 12.5 Å². The van der Waals surface area contributed by atoms with Crippen LogP contribution in [0.15, 0.2) is 40.7 Å². The van der Waals surface area contributed by atoms with E-state index in [0.717, 1.165) is 12.1 Å². The van der Waals surface area contributed by atoms with Crippen LogP contribution < -0.4 is 5.43 Å². The Hall–Kier alpha value is -1.31. The lowest BCUT2D eigenvalue weighted by molar-refractivity contribution is 0.888. The third kappa shape index (κ3) is 0.778. The van der Waals surface area contributed by atoms with E-state index in [9.17, 15) is 0 Å². The van der Waals surface area contributed by atoms with Crippen molar-refractivity contribution in [3.05, 3.63) is 35.6 Å². The Morgan fingerprint density at radius 1 is 1.50 bits per heavy atom. The molecule has 1 heterocycles. The van der Waals surface area contributed by atoms with Gasteiger partial charge in [-0.2, -0.15) is 5.10 Å². The lowest BCUT2D eigenvalue weighted by Gasteiger charge is -2.13. The average molecular weight is 132 g/mol. The van der Waals surface area contributed by atoms with Crippen molar-refractivity contribution in [2.75, 3.05) is 0 Å². The molecular weight excluding hydrogens is 124 g/mol. The Kier molecular flexibility index (Phi) is 1.17. The molecule has 0 aromatic rings. The number of nitrogens with zero attached hydrogens (tertiary/aromatic N) is 1. The predicted molar refractivity (Wildman–Crippen MR) is 41.6 cm³/mol. The SMILES string of the molecule is C1=CC2=CC=NNC2=CC1. The van der Waals surface area contributed by atoms with Crippen molar-refractivity contribution in [2.45, 2.75) is 6.42 Å². The molecule has 0 saturated heterocycles. The first kappa shape index (κ1) is 5.47. The molecule has 0 fully saturated rings. The fourth-order valence-electron chi connectivity index (χ4n) is 1.07. The molecule has 10 heavy (non-hydrogen) atoms. The van der Waals surface area contributed by atoms with Crippen molar-refractivity contribution in [1.29, 1.82) is 0 Å². The van der Waals surface area contributed by atoms with E-state index in [4.69, 9.17) is 0 Å². The highest BCUT2D eigenvalue weighted by molar-refractivity contribution is 5.76. The second-order valence-electron chi connectivity index (χ2n) is 2.27. The van der Waals surface area contributed by atoms with Crippen LogP contribution in [0.4, 0.5) is 0 Å². The van der Waals surface area contributed by atoms with Crippen molar-refractivity contribution in [3.63, 3.8) is 0 Å². The molecule has 0 aromatic heterocycles. The van der Waals surface area contributed by atoms with Crippen LogP contribution in [0, 0.1) is 0 Å². The van der Waals surface area contributed by atoms with Crippen molar-refractivity contribution in [1.82, 2.24) is 5.43 Å². The Balaban J connectivity index is 2.39. The molecule has 0 bridgehead atoms. The van der Waals surface area contributed by atoms with E-state index in [1.807, 2.05) is 6.08 Å². The molecule has 1 aliphatic carbocycles. The number of hydrazone groups is 1. The van der Waals surface area contributed by atoms with Gasteiger partial charge in [0.25, 0.3) is 0 Å². The van der Waals surface area contributed by atoms with Crippen LogP contribution in [-0.2, 0) is 0 Å². The first-order valence-corrected chi connectivity index (χ1v) is 3.33. The van der Waals surface area contributed by atoms with E-state index >= 15 is 0 Å². The lowest BCUT2D eigenvalue weighted by atomic mass is 10.1. The smallest absolute Gasteiger partial charge is 0.0597 e. The summed E-state index contributed by atoms with van der Waals surface area (Å²) < 4.78 is 0. The molecular formula is C8H8N2. The Labute approximate surface area is 59.6 Å². The number of fused-ring (bicyclic) bond motifs is 1. The molecule has 1 aliphatic heterocycles. The number of nitrogens with one attached hydrogen (secondary N) is 1. The van der Waals surface area contributed by atoms with E-state index < -0.39 is 0 Å². The van der Waals surface area contributed by atoms with Crippen LogP contribution in [0.25, 0.3) is 0 Å². The Morgan fingerprint density at radius 3 is 3.40 bits per heavy atom. The van der Waals surface area contributed by atoms with Crippen LogP contribution in [-0.4, -0.2) is 6.21 Å². The van der Waals surface area contributed by atoms with Crippen molar-refractivity contribution in [2.24, 2.45) is 5.10 Å². The highest BCUT2D eigenvalue weighted by atomic mass is 15.3. The molecule has 2 rings (SSSR count). The molecule has 0 saturated carbocycles. The fraction of sp³-hybridized carbons (Fsp3) is 0.125. The normalized spacial score (nSPS) is 20.8. The fourth-order valence-corrected chi connectivity index (χ4v) is 1.07. The molecule has 0 spiro atoms. The lowest BCUT2D eigenvalue weighted by Crippen LogP contribution is -2.12. The molecule has 0 aromatic carbocycles. The number of hydrogen-bond acceptors (Lipinski definition) is 2. The average Bonchev–Trinajstić information content (AvgIpc) is 2.05. The highest BCUT2D eigenvalue weighted by Crippen LogP contribution is 2.16. The highest BCUT2D eigenvalue weighted by Gasteiger charge is 2.05. The standard InChI is InChI=1S/C8H8N2/c1-2-4-8-7(3-1)5-6-9-10-8/h1,3-6,10H,2H2. The Bertz CT molecular complexity index is 256. The quantitative estimate of drug-likeness (QED) is 0.528. The summed E-state index contributed by atoms with van der Waals surface area (Å²) in [6, 6.07) is 0. The van der Waals surface area contributed by atoms with Gasteiger partial charge in [-0.1, -0.05) is 18.2 Å². The van der Waals surface area contributed by atoms with Gasteiger partial charge in [0, 0.05) is 11.8 Å². The van der Waals surface area contributed by atoms with Gasteiger partial charge >= 0.3 is 0 Å². The molecule has 0 radical (unpaired) electrons. The van der Waals surface area contributed by atoms with Crippen molar-refractivity contribution < 1.29 is 0 Å². The second kappa shape index (κ2) is 2.14. The first-order valence-electron chi connectivity index (χ1n) is 3.33. The molecule has 50 valence electrons. The largest absolute Gasteiger partial charge is 0.278 e. The zero-order valence-corrected chi connectivity index (χ0v) is 5.54.